The van der Waals surface area contributed by atoms with Crippen LogP contribution in [0.15, 0.2) is 42.5 Å². The molecule has 0 unspecified atom stereocenters. The van der Waals surface area contributed by atoms with Crippen LogP contribution >= 0.6 is 11.6 Å². The number of imide groups is 1. The molecule has 2 aromatic carbocycles. The number of fused-ring (bicyclic) bond motifs is 1. The number of hydrogen-bond acceptors (Lipinski definition) is 5. The number of rotatable bonds is 4. The maximum atomic E-state index is 12.9. The van der Waals surface area contributed by atoms with Crippen molar-refractivity contribution >= 4 is 35.1 Å². The summed E-state index contributed by atoms with van der Waals surface area (Å²) in [5.74, 6) is 0.0268. The fraction of sp³-hybridized carbons (Fsp3) is 0.211. The zero-order valence-electron chi connectivity index (χ0n) is 14.8. The Morgan fingerprint density at radius 2 is 1.96 bits per heavy atom. The molecule has 0 radical (unpaired) electrons. The van der Waals surface area contributed by atoms with Crippen molar-refractivity contribution in [2.24, 2.45) is 0 Å². The molecule has 1 fully saturated rings. The first-order valence-corrected chi connectivity index (χ1v) is 8.85. The Morgan fingerprint density at radius 3 is 2.75 bits per heavy atom. The highest BCUT2D eigenvalue weighted by Gasteiger charge is 2.50. The fourth-order valence-electron chi connectivity index (χ4n) is 3.21. The highest BCUT2D eigenvalue weighted by molar-refractivity contribution is 6.32. The topological polar surface area (TPSA) is 97.0 Å². The summed E-state index contributed by atoms with van der Waals surface area (Å²) in [6.07, 6.45) is 0. The average Bonchev–Trinajstić information content (AvgIpc) is 3.20. The van der Waals surface area contributed by atoms with Crippen LogP contribution in [0.25, 0.3) is 0 Å². The third-order valence-electron chi connectivity index (χ3n) is 4.65. The Morgan fingerprint density at radius 1 is 1.21 bits per heavy atom. The van der Waals surface area contributed by atoms with Gasteiger partial charge in [0.05, 0.1) is 0 Å². The van der Waals surface area contributed by atoms with Crippen LogP contribution in [0.3, 0.4) is 0 Å². The second-order valence-corrected chi connectivity index (χ2v) is 6.95. The Hall–Kier alpha value is -3.26. The minimum atomic E-state index is -1.34. The minimum absolute atomic E-state index is 0.121. The molecule has 0 aromatic heterocycles. The van der Waals surface area contributed by atoms with E-state index in [-0.39, 0.29) is 6.79 Å². The summed E-state index contributed by atoms with van der Waals surface area (Å²) >= 11 is 6.19. The van der Waals surface area contributed by atoms with Crippen LogP contribution < -0.4 is 20.1 Å². The Bertz CT molecular complexity index is 995. The summed E-state index contributed by atoms with van der Waals surface area (Å²) in [4.78, 5) is 38.5. The van der Waals surface area contributed by atoms with E-state index < -0.39 is 29.9 Å². The van der Waals surface area contributed by atoms with Crippen molar-refractivity contribution in [3.05, 3.63) is 53.1 Å². The van der Waals surface area contributed by atoms with Gasteiger partial charge in [0, 0.05) is 22.3 Å². The van der Waals surface area contributed by atoms with Gasteiger partial charge in [0.1, 0.15) is 12.1 Å². The lowest BCUT2D eigenvalue weighted by atomic mass is 9.92. The number of carbonyl (C=O) groups excluding carboxylic acids is 3. The van der Waals surface area contributed by atoms with Crippen molar-refractivity contribution in [2.45, 2.75) is 12.5 Å². The quantitative estimate of drug-likeness (QED) is 0.767. The first-order chi connectivity index (χ1) is 13.4. The molecular formula is C19H16ClN3O5. The Labute approximate surface area is 165 Å². The highest BCUT2D eigenvalue weighted by Crippen LogP contribution is 2.35. The number of halogens is 1. The fourth-order valence-corrected chi connectivity index (χ4v) is 3.53. The van der Waals surface area contributed by atoms with Crippen molar-refractivity contribution < 1.29 is 23.9 Å². The largest absolute Gasteiger partial charge is 0.454 e. The van der Waals surface area contributed by atoms with Gasteiger partial charge in [0.25, 0.3) is 5.91 Å². The molecule has 0 bridgehead atoms. The van der Waals surface area contributed by atoms with Crippen LogP contribution in [-0.2, 0) is 15.1 Å². The molecule has 2 aromatic rings. The average molecular weight is 402 g/mol. The maximum absolute atomic E-state index is 12.9. The predicted octanol–water partition coefficient (Wildman–Crippen LogP) is 2.47. The minimum Gasteiger partial charge on any atom is -0.454 e. The highest BCUT2D eigenvalue weighted by atomic mass is 35.5. The smallest absolute Gasteiger partial charge is 0.325 e. The zero-order valence-corrected chi connectivity index (χ0v) is 15.6. The van der Waals surface area contributed by atoms with Crippen LogP contribution in [0.2, 0.25) is 5.02 Å². The summed E-state index contributed by atoms with van der Waals surface area (Å²) in [6.45, 7) is 1.25. The van der Waals surface area contributed by atoms with Gasteiger partial charge in [-0.25, -0.2) is 4.79 Å². The molecule has 0 aliphatic carbocycles. The van der Waals surface area contributed by atoms with E-state index in [1.807, 2.05) is 0 Å². The van der Waals surface area contributed by atoms with E-state index in [0.29, 0.717) is 27.8 Å². The second-order valence-electron chi connectivity index (χ2n) is 6.54. The molecule has 4 amide bonds. The molecule has 2 heterocycles. The molecule has 9 heteroatoms. The monoisotopic (exact) mass is 401 g/mol. The van der Waals surface area contributed by atoms with Gasteiger partial charge in [-0.05, 0) is 25.1 Å². The SMILES string of the molecule is C[C@@]1(c2ccccc2Cl)NC(=O)N(CC(=O)Nc2ccc3c(c2)OCO3)C1=O. The lowest BCUT2D eigenvalue weighted by Gasteiger charge is -2.23. The summed E-state index contributed by atoms with van der Waals surface area (Å²) in [7, 11) is 0. The zero-order chi connectivity index (χ0) is 19.9. The van der Waals surface area contributed by atoms with E-state index >= 15 is 0 Å². The second kappa shape index (κ2) is 6.72. The molecule has 8 nitrogen and oxygen atoms in total. The molecule has 28 heavy (non-hydrogen) atoms. The van der Waals surface area contributed by atoms with Gasteiger partial charge in [-0.2, -0.15) is 0 Å². The molecule has 2 aliphatic rings. The van der Waals surface area contributed by atoms with Crippen molar-refractivity contribution in [3.8, 4) is 11.5 Å². The van der Waals surface area contributed by atoms with E-state index in [9.17, 15) is 14.4 Å². The van der Waals surface area contributed by atoms with Crippen molar-refractivity contribution in [1.82, 2.24) is 10.2 Å². The number of ether oxygens (including phenoxy) is 2. The third kappa shape index (κ3) is 3.01. The lowest BCUT2D eigenvalue weighted by Crippen LogP contribution is -2.42. The van der Waals surface area contributed by atoms with Crippen molar-refractivity contribution in [3.63, 3.8) is 0 Å². The predicted molar refractivity (Wildman–Crippen MR) is 100 cm³/mol. The number of urea groups is 1. The van der Waals surface area contributed by atoms with E-state index in [1.165, 1.54) is 0 Å². The Kier molecular flexibility index (Phi) is 4.35. The van der Waals surface area contributed by atoms with Gasteiger partial charge < -0.3 is 20.1 Å². The van der Waals surface area contributed by atoms with Gasteiger partial charge in [0.2, 0.25) is 12.7 Å². The van der Waals surface area contributed by atoms with E-state index in [1.54, 1.807) is 49.4 Å². The lowest BCUT2D eigenvalue weighted by molar-refractivity contribution is -0.133. The summed E-state index contributed by atoms with van der Waals surface area (Å²) in [5.41, 5.74) is -0.405. The number of carbonyl (C=O) groups is 3. The first-order valence-electron chi connectivity index (χ1n) is 8.47. The standard InChI is InChI=1S/C19H16ClN3O5/c1-19(12-4-2-3-5-13(12)20)17(25)23(18(26)22-19)9-16(24)21-11-6-7-14-15(8-11)28-10-27-14/h2-8H,9-10H2,1H3,(H,21,24)(H,22,26)/t19-/m0/s1. The van der Waals surface area contributed by atoms with E-state index in [0.717, 1.165) is 4.90 Å². The summed E-state index contributed by atoms with van der Waals surface area (Å²) in [5, 5.41) is 5.62. The number of nitrogens with one attached hydrogen (secondary N) is 2. The number of nitrogens with zero attached hydrogens (tertiary/aromatic N) is 1. The van der Waals surface area contributed by atoms with E-state index in [4.69, 9.17) is 21.1 Å². The normalized spacial score (nSPS) is 20.3. The van der Waals surface area contributed by atoms with Gasteiger partial charge >= 0.3 is 6.03 Å². The number of benzene rings is 2. The summed E-state index contributed by atoms with van der Waals surface area (Å²) in [6, 6.07) is 11.0. The molecule has 1 atom stereocenters. The number of anilines is 1. The van der Waals surface area contributed by atoms with E-state index in [2.05, 4.69) is 10.6 Å². The van der Waals surface area contributed by atoms with Gasteiger partial charge in [-0.15, -0.1) is 0 Å². The summed E-state index contributed by atoms with van der Waals surface area (Å²) < 4.78 is 10.5. The van der Waals surface area contributed by atoms with Gasteiger partial charge in [0.15, 0.2) is 11.5 Å². The van der Waals surface area contributed by atoms with Gasteiger partial charge in [-0.1, -0.05) is 29.8 Å². The Balaban J connectivity index is 1.49. The van der Waals surface area contributed by atoms with Crippen LogP contribution in [0.5, 0.6) is 11.5 Å². The van der Waals surface area contributed by atoms with Crippen LogP contribution in [-0.4, -0.2) is 36.1 Å². The molecule has 4 rings (SSSR count). The molecular weight excluding hydrogens is 386 g/mol. The molecule has 0 saturated carbocycles. The van der Waals surface area contributed by atoms with Crippen LogP contribution in [0.1, 0.15) is 12.5 Å². The maximum Gasteiger partial charge on any atom is 0.325 e. The molecule has 2 N–H and O–H groups in total. The number of amides is 4. The molecule has 1 saturated heterocycles. The van der Waals surface area contributed by atoms with Crippen LogP contribution in [0.4, 0.5) is 10.5 Å². The number of hydrogen-bond donors (Lipinski definition) is 2. The molecule has 0 spiro atoms. The van der Waals surface area contributed by atoms with Crippen molar-refractivity contribution in [1.29, 1.82) is 0 Å². The third-order valence-corrected chi connectivity index (χ3v) is 4.98. The molecule has 2 aliphatic heterocycles. The van der Waals surface area contributed by atoms with Gasteiger partial charge in [-0.3, -0.25) is 14.5 Å². The first kappa shape index (κ1) is 18.1. The molecule has 144 valence electrons. The van der Waals surface area contributed by atoms with Crippen molar-refractivity contribution in [2.75, 3.05) is 18.7 Å². The van der Waals surface area contributed by atoms with Crippen LogP contribution in [0, 0.1) is 0 Å².